The van der Waals surface area contributed by atoms with Gasteiger partial charge in [0.1, 0.15) is 0 Å². The van der Waals surface area contributed by atoms with Gasteiger partial charge in [0.2, 0.25) is 5.91 Å². The quantitative estimate of drug-likeness (QED) is 0.859. The van der Waals surface area contributed by atoms with Gasteiger partial charge >= 0.3 is 0 Å². The van der Waals surface area contributed by atoms with Crippen LogP contribution in [0.25, 0.3) is 0 Å². The lowest BCUT2D eigenvalue weighted by atomic mass is 9.86. The van der Waals surface area contributed by atoms with Crippen LogP contribution in [-0.4, -0.2) is 19.5 Å². The van der Waals surface area contributed by atoms with Crippen molar-refractivity contribution >= 4 is 5.91 Å². The predicted molar refractivity (Wildman–Crippen MR) is 75.6 cm³/mol. The Labute approximate surface area is 110 Å². The van der Waals surface area contributed by atoms with E-state index in [0.29, 0.717) is 6.54 Å². The summed E-state index contributed by atoms with van der Waals surface area (Å²) in [5.41, 5.74) is 2.60. The topological polar surface area (TPSA) is 41.1 Å². The highest BCUT2D eigenvalue weighted by molar-refractivity contribution is 5.78. The Morgan fingerprint density at radius 3 is 2.22 bits per heavy atom. The maximum Gasteiger partial charge on any atom is 0.234 e. The van der Waals surface area contributed by atoms with Gasteiger partial charge in [0.25, 0.3) is 0 Å². The molecule has 3 heteroatoms. The minimum atomic E-state index is 0.0184. The SMILES string of the molecule is CNCC(=O)NC(C)c1ccc(C(C)(C)C)cc1. The fraction of sp³-hybridized carbons (Fsp3) is 0.533. The molecule has 3 nitrogen and oxygen atoms in total. The molecule has 0 fully saturated rings. The number of nitrogens with one attached hydrogen (secondary N) is 2. The number of hydrogen-bond acceptors (Lipinski definition) is 2. The highest BCUT2D eigenvalue weighted by atomic mass is 16.1. The van der Waals surface area contributed by atoms with E-state index >= 15 is 0 Å². The minimum Gasteiger partial charge on any atom is -0.348 e. The summed E-state index contributed by atoms with van der Waals surface area (Å²) in [6, 6.07) is 8.49. The lowest BCUT2D eigenvalue weighted by molar-refractivity contribution is -0.120. The van der Waals surface area contributed by atoms with Crippen LogP contribution in [0.4, 0.5) is 0 Å². The average Bonchev–Trinajstić information content (AvgIpc) is 2.28. The number of benzene rings is 1. The summed E-state index contributed by atoms with van der Waals surface area (Å²) in [5.74, 6) is 0.0184. The van der Waals surface area contributed by atoms with Crippen LogP contribution in [0, 0.1) is 0 Å². The molecule has 1 amide bonds. The van der Waals surface area contributed by atoms with Crippen molar-refractivity contribution < 1.29 is 4.79 Å². The number of carbonyl (C=O) groups excluding carboxylic acids is 1. The van der Waals surface area contributed by atoms with Crippen LogP contribution in [0.1, 0.15) is 44.9 Å². The summed E-state index contributed by atoms with van der Waals surface area (Å²) in [5, 5.41) is 5.80. The second-order valence-corrected chi connectivity index (χ2v) is 5.69. The van der Waals surface area contributed by atoms with Crippen molar-refractivity contribution in [2.45, 2.75) is 39.2 Å². The Balaban J connectivity index is 2.70. The van der Waals surface area contributed by atoms with Gasteiger partial charge in [-0.15, -0.1) is 0 Å². The maximum absolute atomic E-state index is 11.5. The van der Waals surface area contributed by atoms with Gasteiger partial charge in [-0.3, -0.25) is 4.79 Å². The van der Waals surface area contributed by atoms with Crippen LogP contribution in [0.3, 0.4) is 0 Å². The van der Waals surface area contributed by atoms with Gasteiger partial charge in [-0.05, 0) is 30.5 Å². The lowest BCUT2D eigenvalue weighted by Crippen LogP contribution is -2.33. The molecular formula is C15H24N2O. The maximum atomic E-state index is 11.5. The number of carbonyl (C=O) groups is 1. The molecular weight excluding hydrogens is 224 g/mol. The van der Waals surface area contributed by atoms with Crippen LogP contribution in [0.2, 0.25) is 0 Å². The standard InChI is InChI=1S/C15H24N2O/c1-11(17-14(18)10-16-5)12-6-8-13(9-7-12)15(2,3)4/h6-9,11,16H,10H2,1-5H3,(H,17,18). The van der Waals surface area contributed by atoms with Gasteiger partial charge in [0.15, 0.2) is 0 Å². The number of likely N-dealkylation sites (N-methyl/N-ethyl adjacent to an activating group) is 1. The summed E-state index contributed by atoms with van der Waals surface area (Å²) in [6.45, 7) is 8.93. The number of hydrogen-bond donors (Lipinski definition) is 2. The van der Waals surface area contributed by atoms with E-state index in [4.69, 9.17) is 0 Å². The van der Waals surface area contributed by atoms with Gasteiger partial charge in [-0.1, -0.05) is 45.0 Å². The smallest absolute Gasteiger partial charge is 0.234 e. The molecule has 1 unspecified atom stereocenters. The summed E-state index contributed by atoms with van der Waals surface area (Å²) < 4.78 is 0. The third-order valence-corrected chi connectivity index (χ3v) is 2.99. The highest BCUT2D eigenvalue weighted by Gasteiger charge is 2.14. The van der Waals surface area contributed by atoms with Crippen molar-refractivity contribution in [2.24, 2.45) is 0 Å². The molecule has 0 aromatic heterocycles. The molecule has 1 aromatic carbocycles. The summed E-state index contributed by atoms with van der Waals surface area (Å²) in [4.78, 5) is 11.5. The summed E-state index contributed by atoms with van der Waals surface area (Å²) >= 11 is 0. The van der Waals surface area contributed by atoms with Crippen LogP contribution < -0.4 is 10.6 Å². The number of amides is 1. The fourth-order valence-corrected chi connectivity index (χ4v) is 1.81. The van der Waals surface area contributed by atoms with Gasteiger partial charge in [0.05, 0.1) is 12.6 Å². The minimum absolute atomic E-state index is 0.0184. The van der Waals surface area contributed by atoms with Crippen molar-refractivity contribution in [3.8, 4) is 0 Å². The second-order valence-electron chi connectivity index (χ2n) is 5.69. The van der Waals surface area contributed by atoms with Crippen molar-refractivity contribution in [1.29, 1.82) is 0 Å². The lowest BCUT2D eigenvalue weighted by Gasteiger charge is -2.20. The van der Waals surface area contributed by atoms with Crippen molar-refractivity contribution in [3.63, 3.8) is 0 Å². The van der Waals surface area contributed by atoms with E-state index in [1.165, 1.54) is 5.56 Å². The average molecular weight is 248 g/mol. The molecule has 1 aromatic rings. The monoisotopic (exact) mass is 248 g/mol. The Bertz CT molecular complexity index is 390. The first-order chi connectivity index (χ1) is 8.34. The highest BCUT2D eigenvalue weighted by Crippen LogP contribution is 2.23. The van der Waals surface area contributed by atoms with E-state index in [-0.39, 0.29) is 17.4 Å². The molecule has 0 spiro atoms. The second kappa shape index (κ2) is 6.01. The van der Waals surface area contributed by atoms with Crippen molar-refractivity contribution in [1.82, 2.24) is 10.6 Å². The van der Waals surface area contributed by atoms with E-state index in [1.54, 1.807) is 7.05 Å². The largest absolute Gasteiger partial charge is 0.348 e. The van der Waals surface area contributed by atoms with E-state index in [0.717, 1.165) is 5.56 Å². The molecule has 0 radical (unpaired) electrons. The van der Waals surface area contributed by atoms with Crippen LogP contribution >= 0.6 is 0 Å². The molecule has 18 heavy (non-hydrogen) atoms. The molecule has 1 atom stereocenters. The van der Waals surface area contributed by atoms with Gasteiger partial charge in [-0.2, -0.15) is 0 Å². The Kier molecular flexibility index (Phi) is 4.91. The van der Waals surface area contributed by atoms with E-state index in [2.05, 4.69) is 55.7 Å². The zero-order valence-corrected chi connectivity index (χ0v) is 12.0. The molecule has 0 aliphatic rings. The zero-order chi connectivity index (χ0) is 13.8. The first-order valence-electron chi connectivity index (χ1n) is 6.39. The van der Waals surface area contributed by atoms with Gasteiger partial charge < -0.3 is 10.6 Å². The summed E-state index contributed by atoms with van der Waals surface area (Å²) in [7, 11) is 1.77. The van der Waals surface area contributed by atoms with Gasteiger partial charge in [0, 0.05) is 0 Å². The molecule has 0 aliphatic carbocycles. The van der Waals surface area contributed by atoms with E-state index in [9.17, 15) is 4.79 Å². The Hall–Kier alpha value is -1.35. The molecule has 0 heterocycles. The third kappa shape index (κ3) is 4.15. The van der Waals surface area contributed by atoms with Crippen molar-refractivity contribution in [2.75, 3.05) is 13.6 Å². The third-order valence-electron chi connectivity index (χ3n) is 2.99. The van der Waals surface area contributed by atoms with Crippen LogP contribution in [-0.2, 0) is 10.2 Å². The molecule has 100 valence electrons. The van der Waals surface area contributed by atoms with Crippen molar-refractivity contribution in [3.05, 3.63) is 35.4 Å². The normalized spacial score (nSPS) is 13.2. The molecule has 0 saturated carbocycles. The number of rotatable bonds is 4. The zero-order valence-electron chi connectivity index (χ0n) is 12.0. The molecule has 2 N–H and O–H groups in total. The predicted octanol–water partition coefficient (Wildman–Crippen LogP) is 2.38. The molecule has 0 saturated heterocycles. The van der Waals surface area contributed by atoms with Crippen LogP contribution in [0.15, 0.2) is 24.3 Å². The molecule has 0 aliphatic heterocycles. The molecule has 0 bridgehead atoms. The first-order valence-corrected chi connectivity index (χ1v) is 6.39. The van der Waals surface area contributed by atoms with Crippen LogP contribution in [0.5, 0.6) is 0 Å². The first kappa shape index (κ1) is 14.7. The summed E-state index contributed by atoms with van der Waals surface area (Å²) in [6.07, 6.45) is 0. The molecule has 1 rings (SSSR count). The van der Waals surface area contributed by atoms with E-state index < -0.39 is 0 Å². The Morgan fingerprint density at radius 2 is 1.78 bits per heavy atom. The Morgan fingerprint density at radius 1 is 1.22 bits per heavy atom. The van der Waals surface area contributed by atoms with Gasteiger partial charge in [-0.25, -0.2) is 0 Å². The fourth-order valence-electron chi connectivity index (χ4n) is 1.81. The van der Waals surface area contributed by atoms with E-state index in [1.807, 2.05) is 6.92 Å².